The molecule has 0 aliphatic rings. The highest BCUT2D eigenvalue weighted by molar-refractivity contribution is 7.09. The fourth-order valence-electron chi connectivity index (χ4n) is 2.08. The van der Waals surface area contributed by atoms with Gasteiger partial charge in [0.1, 0.15) is 11.4 Å². The first-order valence-electron chi connectivity index (χ1n) is 6.35. The molecular formula is C14H15N5OS. The Hall–Kier alpha value is -2.54. The molecule has 0 fully saturated rings. The molecule has 3 aromatic rings. The number of nitrogens with two attached hydrogens (primary N) is 2. The minimum atomic E-state index is 0.170. The zero-order chi connectivity index (χ0) is 14.8. The Morgan fingerprint density at radius 3 is 2.76 bits per heavy atom. The van der Waals surface area contributed by atoms with E-state index in [2.05, 4.69) is 16.0 Å². The fourth-order valence-corrected chi connectivity index (χ4v) is 2.83. The number of nitrogens with zero attached hydrogens (tertiary/aromatic N) is 3. The van der Waals surface area contributed by atoms with Crippen LogP contribution in [0.15, 0.2) is 40.3 Å². The van der Waals surface area contributed by atoms with Crippen LogP contribution in [0.4, 0.5) is 17.5 Å². The second-order valence-electron chi connectivity index (χ2n) is 4.58. The summed E-state index contributed by atoms with van der Waals surface area (Å²) in [5.74, 6) is 1.35. The minimum Gasteiger partial charge on any atom is -0.463 e. The average molecular weight is 301 g/mol. The van der Waals surface area contributed by atoms with Gasteiger partial charge in [-0.2, -0.15) is 4.98 Å². The predicted octanol–water partition coefficient (Wildman–Crippen LogP) is 2.60. The van der Waals surface area contributed by atoms with Crippen molar-refractivity contribution < 1.29 is 4.42 Å². The van der Waals surface area contributed by atoms with Gasteiger partial charge >= 0.3 is 0 Å². The first-order chi connectivity index (χ1) is 10.1. The number of anilines is 3. The molecule has 0 unspecified atom stereocenters. The van der Waals surface area contributed by atoms with Gasteiger partial charge in [0.25, 0.3) is 0 Å². The second-order valence-corrected chi connectivity index (χ2v) is 5.61. The summed E-state index contributed by atoms with van der Waals surface area (Å²) in [7, 11) is 1.92. The van der Waals surface area contributed by atoms with Gasteiger partial charge in [-0.15, -0.1) is 11.3 Å². The lowest BCUT2D eigenvalue weighted by Crippen LogP contribution is -2.20. The number of rotatable bonds is 4. The summed E-state index contributed by atoms with van der Waals surface area (Å²) in [6.45, 7) is 0.704. The second kappa shape index (κ2) is 5.45. The van der Waals surface area contributed by atoms with Crippen LogP contribution >= 0.6 is 11.3 Å². The number of nitrogen functional groups attached to an aromatic ring is 2. The van der Waals surface area contributed by atoms with Crippen molar-refractivity contribution in [1.82, 2.24) is 9.97 Å². The molecule has 3 aromatic heterocycles. The molecule has 6 nitrogen and oxygen atoms in total. The molecule has 0 aliphatic carbocycles. The van der Waals surface area contributed by atoms with Crippen LogP contribution in [-0.2, 0) is 6.54 Å². The van der Waals surface area contributed by atoms with E-state index in [9.17, 15) is 0 Å². The summed E-state index contributed by atoms with van der Waals surface area (Å²) in [6, 6.07) is 7.65. The summed E-state index contributed by atoms with van der Waals surface area (Å²) < 4.78 is 5.35. The number of furan rings is 1. The first-order valence-corrected chi connectivity index (χ1v) is 7.23. The standard InChI is InChI=1S/C14H15N5OS/c1-19(8-9-4-3-7-21-9)13-11(15)12(17-14(16)18-13)10-5-2-6-20-10/h2-7H,8,15H2,1H3,(H2,16,17,18). The van der Waals surface area contributed by atoms with Gasteiger partial charge < -0.3 is 20.8 Å². The van der Waals surface area contributed by atoms with Gasteiger partial charge in [0.2, 0.25) is 5.95 Å². The van der Waals surface area contributed by atoms with Crippen LogP contribution in [0, 0.1) is 0 Å². The van der Waals surface area contributed by atoms with E-state index in [0.717, 1.165) is 0 Å². The lowest BCUT2D eigenvalue weighted by Gasteiger charge is -2.20. The third kappa shape index (κ3) is 2.68. The lowest BCUT2D eigenvalue weighted by atomic mass is 10.2. The van der Waals surface area contributed by atoms with Crippen molar-refractivity contribution in [3.63, 3.8) is 0 Å². The van der Waals surface area contributed by atoms with E-state index < -0.39 is 0 Å². The molecule has 3 rings (SSSR count). The SMILES string of the molecule is CN(Cc1cccs1)c1nc(N)nc(-c2ccco2)c1N. The molecule has 0 aliphatic heterocycles. The van der Waals surface area contributed by atoms with Crippen LogP contribution in [0.5, 0.6) is 0 Å². The van der Waals surface area contributed by atoms with Gasteiger partial charge in [0.15, 0.2) is 11.6 Å². The van der Waals surface area contributed by atoms with Crippen molar-refractivity contribution in [2.24, 2.45) is 0 Å². The molecule has 7 heteroatoms. The first kappa shape index (κ1) is 13.4. The zero-order valence-corrected chi connectivity index (χ0v) is 12.3. The van der Waals surface area contributed by atoms with Crippen molar-refractivity contribution in [1.29, 1.82) is 0 Å². The van der Waals surface area contributed by atoms with Gasteiger partial charge in [-0.25, -0.2) is 4.98 Å². The van der Waals surface area contributed by atoms with Crippen molar-refractivity contribution in [2.75, 3.05) is 23.4 Å². The molecule has 3 heterocycles. The van der Waals surface area contributed by atoms with E-state index in [-0.39, 0.29) is 5.95 Å². The number of aromatic nitrogens is 2. The molecule has 0 radical (unpaired) electrons. The summed E-state index contributed by atoms with van der Waals surface area (Å²) >= 11 is 1.68. The lowest BCUT2D eigenvalue weighted by molar-refractivity contribution is 0.580. The largest absolute Gasteiger partial charge is 0.463 e. The van der Waals surface area contributed by atoms with Gasteiger partial charge in [-0.05, 0) is 23.6 Å². The Kier molecular flexibility index (Phi) is 3.49. The number of thiophene rings is 1. The molecule has 0 spiro atoms. The Morgan fingerprint density at radius 2 is 2.10 bits per heavy atom. The predicted molar refractivity (Wildman–Crippen MR) is 85.0 cm³/mol. The van der Waals surface area contributed by atoms with Crippen molar-refractivity contribution in [3.8, 4) is 11.5 Å². The van der Waals surface area contributed by atoms with Crippen molar-refractivity contribution >= 4 is 28.8 Å². The number of hydrogen-bond donors (Lipinski definition) is 2. The van der Waals surface area contributed by atoms with Crippen LogP contribution in [0.25, 0.3) is 11.5 Å². The van der Waals surface area contributed by atoms with E-state index in [1.54, 1.807) is 29.7 Å². The molecule has 21 heavy (non-hydrogen) atoms. The van der Waals surface area contributed by atoms with Gasteiger partial charge in [0, 0.05) is 11.9 Å². The van der Waals surface area contributed by atoms with E-state index >= 15 is 0 Å². The molecule has 0 aromatic carbocycles. The highest BCUT2D eigenvalue weighted by Gasteiger charge is 2.17. The van der Waals surface area contributed by atoms with Gasteiger partial charge in [-0.3, -0.25) is 0 Å². The Balaban J connectivity index is 1.98. The maximum Gasteiger partial charge on any atom is 0.222 e. The number of hydrogen-bond acceptors (Lipinski definition) is 7. The molecule has 0 saturated carbocycles. The zero-order valence-electron chi connectivity index (χ0n) is 11.5. The Morgan fingerprint density at radius 1 is 1.24 bits per heavy atom. The van der Waals surface area contributed by atoms with Gasteiger partial charge in [-0.1, -0.05) is 6.07 Å². The summed E-state index contributed by atoms with van der Waals surface area (Å²) in [6.07, 6.45) is 1.57. The van der Waals surface area contributed by atoms with E-state index in [1.165, 1.54) is 4.88 Å². The monoisotopic (exact) mass is 301 g/mol. The van der Waals surface area contributed by atoms with E-state index in [1.807, 2.05) is 23.4 Å². The van der Waals surface area contributed by atoms with Crippen molar-refractivity contribution in [2.45, 2.75) is 6.54 Å². The molecule has 0 amide bonds. The van der Waals surface area contributed by atoms with Crippen LogP contribution in [-0.4, -0.2) is 17.0 Å². The maximum atomic E-state index is 6.19. The molecule has 0 saturated heterocycles. The minimum absolute atomic E-state index is 0.170. The van der Waals surface area contributed by atoms with Crippen molar-refractivity contribution in [3.05, 3.63) is 40.8 Å². The summed E-state index contributed by atoms with van der Waals surface area (Å²) in [5, 5.41) is 2.04. The highest BCUT2D eigenvalue weighted by atomic mass is 32.1. The third-order valence-electron chi connectivity index (χ3n) is 3.03. The average Bonchev–Trinajstić information content (AvgIpc) is 3.13. The molecule has 0 bridgehead atoms. The van der Waals surface area contributed by atoms with Crippen LogP contribution < -0.4 is 16.4 Å². The smallest absolute Gasteiger partial charge is 0.222 e. The maximum absolute atomic E-state index is 6.19. The molecular weight excluding hydrogens is 286 g/mol. The van der Waals surface area contributed by atoms with Crippen LogP contribution in [0.2, 0.25) is 0 Å². The summed E-state index contributed by atoms with van der Waals surface area (Å²) in [5.41, 5.74) is 13.0. The van der Waals surface area contributed by atoms with Gasteiger partial charge in [0.05, 0.1) is 12.8 Å². The van der Waals surface area contributed by atoms with Crippen LogP contribution in [0.3, 0.4) is 0 Å². The molecule has 0 atom stereocenters. The van der Waals surface area contributed by atoms with Crippen LogP contribution in [0.1, 0.15) is 4.88 Å². The Bertz CT molecular complexity index is 724. The van der Waals surface area contributed by atoms with E-state index in [0.29, 0.717) is 29.5 Å². The molecule has 4 N–H and O–H groups in total. The van der Waals surface area contributed by atoms with E-state index in [4.69, 9.17) is 15.9 Å². The quantitative estimate of drug-likeness (QED) is 0.769. The fraction of sp³-hybridized carbons (Fsp3) is 0.143. The Labute approximate surface area is 126 Å². The summed E-state index contributed by atoms with van der Waals surface area (Å²) in [4.78, 5) is 11.6. The highest BCUT2D eigenvalue weighted by Crippen LogP contribution is 2.32. The third-order valence-corrected chi connectivity index (χ3v) is 3.89. The topological polar surface area (TPSA) is 94.2 Å². The molecule has 108 valence electrons. The normalized spacial score (nSPS) is 10.7.